The third-order valence-electron chi connectivity index (χ3n) is 0. The minimum Gasteiger partial charge on any atom is -0.344 e. The normalized spacial score (nSPS) is 0.500. The monoisotopic (exact) mass is 61.1 g/mol. The van der Waals surface area contributed by atoms with Crippen molar-refractivity contribution in [3.63, 3.8) is 0 Å². The predicted octanol–water partition coefficient (Wildman–Crippen LogP) is 0.464. The summed E-state index contributed by atoms with van der Waals surface area (Å²) in [6.45, 7) is 3.50. The summed E-state index contributed by atoms with van der Waals surface area (Å²) in [5.74, 6) is 0. The molecule has 4 heavy (non-hydrogen) atoms. The summed E-state index contributed by atoms with van der Waals surface area (Å²) in [5.41, 5.74) is 0. The van der Waals surface area contributed by atoms with Gasteiger partial charge in [-0.05, 0) is 0 Å². The highest BCUT2D eigenvalue weighted by Gasteiger charge is 0.513. The van der Waals surface area contributed by atoms with Crippen molar-refractivity contribution in [2.24, 2.45) is 0 Å². The molecule has 3 heteroatoms. The summed E-state index contributed by atoms with van der Waals surface area (Å²) < 4.78 is 0. The van der Waals surface area contributed by atoms with E-state index in [4.69, 9.17) is 5.26 Å². The fourth-order valence-corrected chi connectivity index (χ4v) is 0. The van der Waals surface area contributed by atoms with Crippen LogP contribution in [0, 0.1) is 11.8 Å². The Morgan fingerprint density at radius 1 is 1.00 bits per heavy atom. The first-order chi connectivity index (χ1) is 1.00. The Labute approximate surface area is 25.4 Å². The van der Waals surface area contributed by atoms with Crippen molar-refractivity contribution < 1.29 is 0 Å². The van der Waals surface area contributed by atoms with Gasteiger partial charge < -0.3 is 12.3 Å². The smallest absolute Gasteiger partial charge is 0.0462 e. The van der Waals surface area contributed by atoms with E-state index in [1.165, 1.54) is 0 Å². The van der Waals surface area contributed by atoms with Crippen LogP contribution in [0.5, 0.6) is 0 Å². The first-order valence-corrected chi connectivity index (χ1v) is 0.258. The van der Waals surface area contributed by atoms with Gasteiger partial charge in [-0.2, -0.15) is 0 Å². The van der Waals surface area contributed by atoms with Gasteiger partial charge in [0.15, 0.2) is 0 Å². The molecule has 0 aromatic heterocycles. The highest BCUT2D eigenvalue weighted by Crippen LogP contribution is 0.586. The fraction of sp³-hybridized carbons (Fsp3) is 0. The topological polar surface area (TPSA) is 93.8 Å². The molecule has 0 amide bonds. The molecule has 0 atom stereocenters. The molecule has 0 aromatic rings. The number of hydrogen-bond donors (Lipinski definition) is 2. The van der Waals surface area contributed by atoms with Crippen LogP contribution in [-0.4, -0.2) is 0 Å². The molecule has 0 aromatic carbocycles. The van der Waals surface area contributed by atoms with E-state index in [0.717, 1.165) is 0 Å². The molecule has 0 spiro atoms. The zero-order valence-electron chi connectivity index (χ0n) is 2.44. The van der Waals surface area contributed by atoms with Crippen molar-refractivity contribution in [3.05, 3.63) is 0 Å². The van der Waals surface area contributed by atoms with Crippen molar-refractivity contribution in [3.8, 4) is 6.57 Å². The lowest BCUT2D eigenvalue weighted by atomic mass is 11.9. The number of nitrogens with zero attached hydrogens (tertiary/aromatic N) is 1. The standard InChI is InChI=1S/CHN.2H3N/c1-2;;/h1H;2*1H3. The average Bonchev–Trinajstić information content (AvgIpc) is 1.00. The van der Waals surface area contributed by atoms with Crippen molar-refractivity contribution in [2.75, 3.05) is 0 Å². The molecular weight excluding hydrogens is 54.0 g/mol. The molecule has 0 saturated carbocycles. The maximum absolute atomic E-state index is 6.50. The van der Waals surface area contributed by atoms with Crippen LogP contribution in [0.1, 0.15) is 0 Å². The van der Waals surface area contributed by atoms with E-state index >= 15 is 0 Å². The first-order valence-electron chi connectivity index (χ1n) is 0.258. The molecule has 0 aliphatic carbocycles. The maximum atomic E-state index is 6.50. The summed E-state index contributed by atoms with van der Waals surface area (Å²) in [7, 11) is 0. The largest absolute Gasteiger partial charge is 0.344 e. The molecule has 26 valence electrons. The molecule has 3 nitrogen and oxygen atoms in total. The third kappa shape index (κ3) is 0.681. The highest BCUT2D eigenvalue weighted by molar-refractivity contribution is 4.03. The van der Waals surface area contributed by atoms with Gasteiger partial charge in [-0.15, -0.1) is 0 Å². The van der Waals surface area contributed by atoms with Crippen LogP contribution < -0.4 is 12.3 Å². The minimum absolute atomic E-state index is 0. The average molecular weight is 61.1 g/mol. The SMILES string of the molecule is C#N.N.N. The zero-order valence-corrected chi connectivity index (χ0v) is 2.44. The summed E-state index contributed by atoms with van der Waals surface area (Å²) >= 11 is 0. The molecule has 0 radical (unpaired) electrons. The van der Waals surface area contributed by atoms with Crippen molar-refractivity contribution in [1.82, 2.24) is 12.3 Å². The molecule has 0 fully saturated rings. The van der Waals surface area contributed by atoms with Crippen LogP contribution >= 0.6 is 0 Å². The number of rotatable bonds is 0. The van der Waals surface area contributed by atoms with Gasteiger partial charge in [-0.3, -0.25) is 0 Å². The second-order valence-corrected chi connectivity index (χ2v) is 0. The summed E-state index contributed by atoms with van der Waals surface area (Å²) in [6.07, 6.45) is 0. The Morgan fingerprint density at radius 2 is 1.00 bits per heavy atom. The quantitative estimate of drug-likeness (QED) is 0.426. The third-order valence-corrected chi connectivity index (χ3v) is 0. The van der Waals surface area contributed by atoms with Gasteiger partial charge in [0, 0.05) is 6.57 Å². The zero-order chi connectivity index (χ0) is 2.00. The molecule has 6 N–H and O–H groups in total. The van der Waals surface area contributed by atoms with E-state index in [1.807, 2.05) is 0 Å². The Morgan fingerprint density at radius 3 is 1.00 bits per heavy atom. The summed E-state index contributed by atoms with van der Waals surface area (Å²) in [5, 5.41) is 6.50. The predicted molar refractivity (Wildman–Crippen MR) is 16.7 cm³/mol. The molecule has 0 saturated heterocycles. The summed E-state index contributed by atoms with van der Waals surface area (Å²) in [6, 6.07) is 0. The Balaban J connectivity index is -0.00000000500. The van der Waals surface area contributed by atoms with Gasteiger partial charge in [-0.25, -0.2) is 5.26 Å². The van der Waals surface area contributed by atoms with Gasteiger partial charge in [0.05, 0.1) is 0 Å². The van der Waals surface area contributed by atoms with Crippen LogP contribution in [0.25, 0.3) is 0 Å². The molecule has 0 rings (SSSR count). The van der Waals surface area contributed by atoms with Crippen LogP contribution in [-0.2, 0) is 0 Å². The van der Waals surface area contributed by atoms with E-state index < -0.39 is 0 Å². The summed E-state index contributed by atoms with van der Waals surface area (Å²) in [4.78, 5) is 0. The van der Waals surface area contributed by atoms with E-state index in [2.05, 4.69) is 6.57 Å². The highest BCUT2D eigenvalue weighted by atomic mass is 14.2. The molecule has 0 aliphatic rings. The van der Waals surface area contributed by atoms with Gasteiger partial charge in [0.1, 0.15) is 0 Å². The molecule has 0 heterocycles. The Kier molecular flexibility index (Phi) is 405. The second-order valence-electron chi connectivity index (χ2n) is 0. The molecule has 0 bridgehead atoms. The van der Waals surface area contributed by atoms with E-state index in [-0.39, 0.29) is 12.3 Å². The second kappa shape index (κ2) is 13.8. The van der Waals surface area contributed by atoms with Crippen molar-refractivity contribution in [1.29, 1.82) is 5.26 Å². The molecule has 0 unspecified atom stereocenters. The fourth-order valence-electron chi connectivity index (χ4n) is 0. The lowest BCUT2D eigenvalue weighted by Gasteiger charge is -0.668. The first kappa shape index (κ1) is 118. The molecular formula is CH7N3. The maximum Gasteiger partial charge on any atom is 0.0462 e. The van der Waals surface area contributed by atoms with Crippen LogP contribution in [0.15, 0.2) is 0 Å². The van der Waals surface area contributed by atoms with Crippen molar-refractivity contribution >= 4 is 0 Å². The van der Waals surface area contributed by atoms with E-state index in [1.54, 1.807) is 0 Å². The van der Waals surface area contributed by atoms with Crippen molar-refractivity contribution in [2.45, 2.75) is 0 Å². The molecule has 0 aliphatic heterocycles. The van der Waals surface area contributed by atoms with E-state index in [9.17, 15) is 0 Å². The van der Waals surface area contributed by atoms with Gasteiger partial charge >= 0.3 is 0 Å². The van der Waals surface area contributed by atoms with Crippen LogP contribution in [0.4, 0.5) is 0 Å². The van der Waals surface area contributed by atoms with Gasteiger partial charge in [-0.1, -0.05) is 0 Å². The van der Waals surface area contributed by atoms with Gasteiger partial charge in [0.2, 0.25) is 0 Å². The van der Waals surface area contributed by atoms with E-state index in [0.29, 0.717) is 0 Å². The lowest BCUT2D eigenvalue weighted by molar-refractivity contribution is 1.58. The minimum atomic E-state index is 0. The Bertz CT molecular complexity index is 8.00. The number of hydrogen-bond acceptors (Lipinski definition) is 3. The van der Waals surface area contributed by atoms with Gasteiger partial charge in [0.25, 0.3) is 0 Å². The Hall–Kier alpha value is -0.590. The number of nitriles is 1. The van der Waals surface area contributed by atoms with Crippen LogP contribution in [0.3, 0.4) is 0 Å². The van der Waals surface area contributed by atoms with Crippen LogP contribution in [0.2, 0.25) is 0 Å². The lowest BCUT2D eigenvalue weighted by Crippen LogP contribution is -0.569.